The molecular formula is C24H20IN3O2S. The molecule has 4 rings (SSSR count). The van der Waals surface area contributed by atoms with E-state index in [1.807, 2.05) is 80.6 Å². The Hall–Kier alpha value is -2.65. The molecule has 0 radical (unpaired) electrons. The van der Waals surface area contributed by atoms with Gasteiger partial charge in [0.25, 0.3) is 5.56 Å². The molecule has 5 nitrogen and oxygen atoms in total. The monoisotopic (exact) mass is 541 g/mol. The van der Waals surface area contributed by atoms with Gasteiger partial charge in [0.1, 0.15) is 0 Å². The molecular weight excluding hydrogens is 521 g/mol. The minimum absolute atomic E-state index is 0.141. The van der Waals surface area contributed by atoms with Gasteiger partial charge in [-0.15, -0.1) is 0 Å². The van der Waals surface area contributed by atoms with Crippen molar-refractivity contribution in [1.29, 1.82) is 0 Å². The smallest absolute Gasteiger partial charge is 0.266 e. The maximum atomic E-state index is 13.4. The maximum absolute atomic E-state index is 13.4. The summed E-state index contributed by atoms with van der Waals surface area (Å²) in [4.78, 5) is 30.7. The van der Waals surface area contributed by atoms with Gasteiger partial charge < -0.3 is 5.32 Å². The molecule has 1 N–H and O–H groups in total. The first-order valence-electron chi connectivity index (χ1n) is 9.70. The molecule has 0 bridgehead atoms. The lowest BCUT2D eigenvalue weighted by Crippen LogP contribution is -2.23. The predicted octanol–water partition coefficient (Wildman–Crippen LogP) is 5.34. The van der Waals surface area contributed by atoms with E-state index in [-0.39, 0.29) is 17.2 Å². The van der Waals surface area contributed by atoms with E-state index in [0.29, 0.717) is 16.1 Å². The number of fused-ring (bicyclic) bond motifs is 1. The Kier molecular flexibility index (Phi) is 6.43. The second-order valence-electron chi connectivity index (χ2n) is 7.18. The number of nitrogens with zero attached hydrogens (tertiary/aromatic N) is 2. The number of para-hydroxylation sites is 1. The van der Waals surface area contributed by atoms with Crippen molar-refractivity contribution in [3.05, 3.63) is 91.8 Å². The Bertz CT molecular complexity index is 1330. The van der Waals surface area contributed by atoms with Crippen LogP contribution in [0.1, 0.15) is 11.1 Å². The van der Waals surface area contributed by atoms with Gasteiger partial charge in [-0.2, -0.15) is 0 Å². The summed E-state index contributed by atoms with van der Waals surface area (Å²) < 4.78 is 2.56. The second-order valence-corrected chi connectivity index (χ2v) is 9.37. The van der Waals surface area contributed by atoms with Gasteiger partial charge in [-0.3, -0.25) is 14.2 Å². The fourth-order valence-electron chi connectivity index (χ4n) is 3.19. The van der Waals surface area contributed by atoms with Crippen molar-refractivity contribution in [2.45, 2.75) is 19.0 Å². The Morgan fingerprint density at radius 1 is 1.06 bits per heavy atom. The highest BCUT2D eigenvalue weighted by Crippen LogP contribution is 2.23. The number of amides is 1. The van der Waals surface area contributed by atoms with Crippen LogP contribution in [0.4, 0.5) is 5.69 Å². The molecule has 3 aromatic carbocycles. The number of carbonyl (C=O) groups excluding carboxylic acids is 1. The number of rotatable bonds is 5. The topological polar surface area (TPSA) is 64.0 Å². The molecule has 156 valence electrons. The third-order valence-corrected chi connectivity index (χ3v) is 6.45. The summed E-state index contributed by atoms with van der Waals surface area (Å²) in [5.41, 5.74) is 4.09. The van der Waals surface area contributed by atoms with Gasteiger partial charge in [0, 0.05) is 9.26 Å². The lowest BCUT2D eigenvalue weighted by Gasteiger charge is -2.14. The summed E-state index contributed by atoms with van der Waals surface area (Å²) in [5, 5.41) is 3.98. The number of aryl methyl sites for hydroxylation is 2. The molecule has 0 unspecified atom stereocenters. The van der Waals surface area contributed by atoms with Crippen LogP contribution in [0.2, 0.25) is 0 Å². The summed E-state index contributed by atoms with van der Waals surface area (Å²) in [6.45, 7) is 3.95. The zero-order chi connectivity index (χ0) is 22.0. The van der Waals surface area contributed by atoms with Crippen molar-refractivity contribution < 1.29 is 4.79 Å². The number of thioether (sulfide) groups is 1. The van der Waals surface area contributed by atoms with Gasteiger partial charge in [-0.05, 0) is 78.4 Å². The summed E-state index contributed by atoms with van der Waals surface area (Å²) in [5.74, 6) is -0.00518. The largest absolute Gasteiger partial charge is 0.325 e. The van der Waals surface area contributed by atoms with E-state index < -0.39 is 0 Å². The number of anilines is 1. The third-order valence-electron chi connectivity index (χ3n) is 4.84. The number of carbonyl (C=O) groups is 1. The number of benzene rings is 3. The standard InChI is InChI=1S/C24H20IN3O2S/c1-15-7-10-18(11-8-15)28-23(30)19-13-17(25)9-12-21(19)27-24(28)31-14-22(29)26-20-6-4-3-5-16(20)2/h3-13H,14H2,1-2H3,(H,26,29). The molecule has 1 amide bonds. The molecule has 0 aliphatic heterocycles. The summed E-state index contributed by atoms with van der Waals surface area (Å²) in [6.07, 6.45) is 0. The van der Waals surface area contributed by atoms with Crippen LogP contribution in [0.5, 0.6) is 0 Å². The molecule has 0 saturated heterocycles. The van der Waals surface area contributed by atoms with E-state index in [1.54, 1.807) is 4.57 Å². The van der Waals surface area contributed by atoms with Crippen LogP contribution in [-0.4, -0.2) is 21.2 Å². The third kappa shape index (κ3) is 4.83. The predicted molar refractivity (Wildman–Crippen MR) is 135 cm³/mol. The van der Waals surface area contributed by atoms with Crippen LogP contribution in [0, 0.1) is 17.4 Å². The zero-order valence-corrected chi connectivity index (χ0v) is 20.0. The minimum Gasteiger partial charge on any atom is -0.325 e. The highest BCUT2D eigenvalue weighted by molar-refractivity contribution is 14.1. The summed E-state index contributed by atoms with van der Waals surface area (Å²) in [6, 6.07) is 21.0. The van der Waals surface area contributed by atoms with Gasteiger partial charge in [0.05, 0.1) is 22.3 Å². The molecule has 0 fully saturated rings. The Balaban J connectivity index is 1.70. The Morgan fingerprint density at radius 3 is 2.55 bits per heavy atom. The highest BCUT2D eigenvalue weighted by atomic mass is 127. The average molecular weight is 541 g/mol. The number of hydrogen-bond donors (Lipinski definition) is 1. The minimum atomic E-state index is -0.147. The SMILES string of the molecule is Cc1ccc(-n2c(SCC(=O)Nc3ccccc3C)nc3ccc(I)cc3c2=O)cc1. The van der Waals surface area contributed by atoms with Gasteiger partial charge in [-0.1, -0.05) is 47.7 Å². The lowest BCUT2D eigenvalue weighted by molar-refractivity contribution is -0.113. The second kappa shape index (κ2) is 9.23. The molecule has 0 aliphatic rings. The van der Waals surface area contributed by atoms with Gasteiger partial charge in [0.15, 0.2) is 5.16 Å². The van der Waals surface area contributed by atoms with Crippen LogP contribution in [0.25, 0.3) is 16.6 Å². The van der Waals surface area contributed by atoms with Crippen LogP contribution < -0.4 is 10.9 Å². The van der Waals surface area contributed by atoms with Crippen molar-refractivity contribution >= 4 is 56.9 Å². The Morgan fingerprint density at radius 2 is 1.81 bits per heavy atom. The molecule has 0 saturated carbocycles. The van der Waals surface area contributed by atoms with E-state index in [1.165, 1.54) is 11.8 Å². The molecule has 0 aliphatic carbocycles. The number of halogens is 1. The lowest BCUT2D eigenvalue weighted by atomic mass is 10.2. The fourth-order valence-corrected chi connectivity index (χ4v) is 4.49. The van der Waals surface area contributed by atoms with Crippen molar-refractivity contribution in [2.24, 2.45) is 0 Å². The summed E-state index contributed by atoms with van der Waals surface area (Å²) in [7, 11) is 0. The van der Waals surface area contributed by atoms with E-state index in [2.05, 4.69) is 27.9 Å². The average Bonchev–Trinajstić information content (AvgIpc) is 2.75. The van der Waals surface area contributed by atoms with Crippen molar-refractivity contribution in [3.8, 4) is 5.69 Å². The quantitative estimate of drug-likeness (QED) is 0.211. The fraction of sp³-hybridized carbons (Fsp3) is 0.125. The van der Waals surface area contributed by atoms with E-state index in [4.69, 9.17) is 4.98 Å². The van der Waals surface area contributed by atoms with Crippen molar-refractivity contribution in [2.75, 3.05) is 11.1 Å². The number of aromatic nitrogens is 2. The molecule has 0 spiro atoms. The molecule has 7 heteroatoms. The van der Waals surface area contributed by atoms with Gasteiger partial charge >= 0.3 is 0 Å². The normalized spacial score (nSPS) is 10.9. The van der Waals surface area contributed by atoms with Gasteiger partial charge in [-0.25, -0.2) is 4.98 Å². The zero-order valence-electron chi connectivity index (χ0n) is 17.1. The first kappa shape index (κ1) is 21.6. The van der Waals surface area contributed by atoms with E-state index in [0.717, 1.165) is 26.1 Å². The first-order chi connectivity index (χ1) is 14.9. The molecule has 4 aromatic rings. The molecule has 1 aromatic heterocycles. The number of hydrogen-bond acceptors (Lipinski definition) is 4. The first-order valence-corrected chi connectivity index (χ1v) is 11.8. The maximum Gasteiger partial charge on any atom is 0.266 e. The van der Waals surface area contributed by atoms with Crippen LogP contribution in [0.3, 0.4) is 0 Å². The van der Waals surface area contributed by atoms with Crippen LogP contribution in [-0.2, 0) is 4.79 Å². The summed E-state index contributed by atoms with van der Waals surface area (Å²) >= 11 is 3.44. The van der Waals surface area contributed by atoms with E-state index >= 15 is 0 Å². The molecule has 1 heterocycles. The van der Waals surface area contributed by atoms with Crippen LogP contribution >= 0.6 is 34.4 Å². The Labute approximate surface area is 198 Å². The van der Waals surface area contributed by atoms with Crippen LogP contribution in [0.15, 0.2) is 76.7 Å². The highest BCUT2D eigenvalue weighted by Gasteiger charge is 2.15. The van der Waals surface area contributed by atoms with Crippen molar-refractivity contribution in [3.63, 3.8) is 0 Å². The van der Waals surface area contributed by atoms with Gasteiger partial charge in [0.2, 0.25) is 5.91 Å². The molecule has 0 atom stereocenters. The van der Waals surface area contributed by atoms with Crippen molar-refractivity contribution in [1.82, 2.24) is 9.55 Å². The molecule has 31 heavy (non-hydrogen) atoms. The van der Waals surface area contributed by atoms with E-state index in [9.17, 15) is 9.59 Å². The number of nitrogens with one attached hydrogen (secondary N) is 1.